The highest BCUT2D eigenvalue weighted by molar-refractivity contribution is 7.99. The number of nitrogens with zero attached hydrogens (tertiary/aromatic N) is 5. The summed E-state index contributed by atoms with van der Waals surface area (Å²) in [5.41, 5.74) is 2.73. The molecular formula is C23H25N7O3S. The Morgan fingerprint density at radius 2 is 1.62 bits per heavy atom. The lowest BCUT2D eigenvalue weighted by atomic mass is 10.2. The first kappa shape index (κ1) is 23.3. The topological polar surface area (TPSA) is 116 Å². The molecule has 2 N–H and O–H groups in total. The van der Waals surface area contributed by atoms with Gasteiger partial charge in [0.05, 0.1) is 23.2 Å². The zero-order chi connectivity index (χ0) is 24.2. The number of thioether (sulfide) groups is 1. The average Bonchev–Trinajstić information content (AvgIpc) is 3.31. The van der Waals surface area contributed by atoms with E-state index in [9.17, 15) is 14.4 Å². The lowest BCUT2D eigenvalue weighted by molar-refractivity contribution is -0.116. The molecule has 2 amide bonds. The Bertz CT molecular complexity index is 1410. The highest BCUT2D eigenvalue weighted by atomic mass is 32.2. The molecular weight excluding hydrogens is 454 g/mol. The van der Waals surface area contributed by atoms with Crippen LogP contribution in [0.3, 0.4) is 0 Å². The molecule has 0 aliphatic carbocycles. The van der Waals surface area contributed by atoms with Crippen molar-refractivity contribution in [2.45, 2.75) is 25.0 Å². The smallest absolute Gasteiger partial charge is 0.326 e. The van der Waals surface area contributed by atoms with E-state index in [1.807, 2.05) is 41.8 Å². The van der Waals surface area contributed by atoms with Crippen LogP contribution in [0.15, 0.2) is 58.5 Å². The molecule has 4 rings (SSSR count). The summed E-state index contributed by atoms with van der Waals surface area (Å²) < 4.78 is 4.93. The highest BCUT2D eigenvalue weighted by Gasteiger charge is 2.16. The fraction of sp³-hybridized carbons (Fsp3) is 0.261. The van der Waals surface area contributed by atoms with E-state index in [2.05, 4.69) is 20.8 Å². The SMILES string of the molecule is CCn1c(CC(=O)Nc2ccccc2)nnc1SCC(=O)Nc1ccc2c(c1)n(C)c(=O)n2C. The quantitative estimate of drug-likeness (QED) is 0.375. The van der Waals surface area contributed by atoms with Crippen molar-refractivity contribution in [2.75, 3.05) is 16.4 Å². The summed E-state index contributed by atoms with van der Waals surface area (Å²) in [5.74, 6) is 0.266. The van der Waals surface area contributed by atoms with Gasteiger partial charge in [0.2, 0.25) is 11.8 Å². The van der Waals surface area contributed by atoms with E-state index in [4.69, 9.17) is 0 Å². The van der Waals surface area contributed by atoms with Crippen molar-refractivity contribution in [3.8, 4) is 0 Å². The van der Waals surface area contributed by atoms with Gasteiger partial charge in [-0.1, -0.05) is 30.0 Å². The van der Waals surface area contributed by atoms with Gasteiger partial charge in [-0.15, -0.1) is 10.2 Å². The molecule has 176 valence electrons. The number of carbonyl (C=O) groups excluding carboxylic acids is 2. The number of benzene rings is 2. The van der Waals surface area contributed by atoms with Crippen molar-refractivity contribution >= 4 is 46.0 Å². The van der Waals surface area contributed by atoms with Gasteiger partial charge in [0.25, 0.3) is 0 Å². The summed E-state index contributed by atoms with van der Waals surface area (Å²) in [5, 5.41) is 14.6. The summed E-state index contributed by atoms with van der Waals surface area (Å²) in [4.78, 5) is 37.0. The van der Waals surface area contributed by atoms with Crippen molar-refractivity contribution in [2.24, 2.45) is 14.1 Å². The van der Waals surface area contributed by atoms with Crippen LogP contribution in [0.4, 0.5) is 11.4 Å². The van der Waals surface area contributed by atoms with E-state index in [-0.39, 0.29) is 29.7 Å². The van der Waals surface area contributed by atoms with Gasteiger partial charge < -0.3 is 15.2 Å². The van der Waals surface area contributed by atoms with Crippen LogP contribution in [0, 0.1) is 0 Å². The van der Waals surface area contributed by atoms with Crippen LogP contribution in [0.25, 0.3) is 11.0 Å². The van der Waals surface area contributed by atoms with Crippen molar-refractivity contribution < 1.29 is 9.59 Å². The van der Waals surface area contributed by atoms with Crippen LogP contribution in [0.5, 0.6) is 0 Å². The standard InChI is InChI=1S/C23H25N7O3S/c1-4-30-19(13-20(31)24-15-8-6-5-7-9-15)26-27-22(30)34-14-21(32)25-16-10-11-17-18(12-16)29(3)23(33)28(17)2/h5-12H,4,13-14H2,1-3H3,(H,24,31)(H,25,32). The maximum Gasteiger partial charge on any atom is 0.328 e. The Balaban J connectivity index is 1.38. The minimum absolute atomic E-state index is 0.0816. The monoisotopic (exact) mass is 479 g/mol. The molecule has 0 fully saturated rings. The molecule has 2 aromatic carbocycles. The number of hydrogen-bond donors (Lipinski definition) is 2. The maximum absolute atomic E-state index is 12.5. The molecule has 0 spiro atoms. The third-order valence-corrected chi connectivity index (χ3v) is 6.34. The van der Waals surface area contributed by atoms with Crippen LogP contribution in [0.1, 0.15) is 12.7 Å². The zero-order valence-electron chi connectivity index (χ0n) is 19.1. The van der Waals surface area contributed by atoms with Gasteiger partial charge in [0.15, 0.2) is 5.16 Å². The molecule has 0 aliphatic rings. The van der Waals surface area contributed by atoms with Gasteiger partial charge in [0.1, 0.15) is 5.82 Å². The Morgan fingerprint density at radius 3 is 2.35 bits per heavy atom. The van der Waals surface area contributed by atoms with E-state index in [0.29, 0.717) is 23.2 Å². The molecule has 2 heterocycles. The largest absolute Gasteiger partial charge is 0.328 e. The Kier molecular flexibility index (Phi) is 6.82. The van der Waals surface area contributed by atoms with Crippen molar-refractivity contribution in [3.63, 3.8) is 0 Å². The Morgan fingerprint density at radius 1 is 0.912 bits per heavy atom. The number of hydrogen-bond acceptors (Lipinski definition) is 6. The summed E-state index contributed by atoms with van der Waals surface area (Å²) in [6.45, 7) is 2.51. The summed E-state index contributed by atoms with van der Waals surface area (Å²) in [7, 11) is 3.41. The second-order valence-electron chi connectivity index (χ2n) is 7.67. The number of amides is 2. The maximum atomic E-state index is 12.5. The number of para-hydroxylation sites is 1. The molecule has 0 aliphatic heterocycles. The number of imidazole rings is 1. The van der Waals surface area contributed by atoms with E-state index in [0.717, 1.165) is 16.7 Å². The molecule has 0 radical (unpaired) electrons. The van der Waals surface area contributed by atoms with Crippen molar-refractivity contribution in [1.29, 1.82) is 0 Å². The third-order valence-electron chi connectivity index (χ3n) is 5.37. The van der Waals surface area contributed by atoms with Crippen molar-refractivity contribution in [3.05, 3.63) is 64.8 Å². The molecule has 34 heavy (non-hydrogen) atoms. The molecule has 11 heteroatoms. The first-order valence-electron chi connectivity index (χ1n) is 10.7. The predicted molar refractivity (Wildman–Crippen MR) is 132 cm³/mol. The first-order chi connectivity index (χ1) is 16.4. The van der Waals surface area contributed by atoms with Gasteiger partial charge >= 0.3 is 5.69 Å². The fourth-order valence-electron chi connectivity index (χ4n) is 3.66. The number of aromatic nitrogens is 5. The molecule has 4 aromatic rings. The van der Waals surface area contributed by atoms with E-state index >= 15 is 0 Å². The van der Waals surface area contributed by atoms with Crippen LogP contribution in [-0.4, -0.2) is 41.5 Å². The molecule has 0 saturated carbocycles. The van der Waals surface area contributed by atoms with E-state index in [1.54, 1.807) is 41.4 Å². The minimum Gasteiger partial charge on any atom is -0.326 e. The molecule has 0 bridgehead atoms. The van der Waals surface area contributed by atoms with Crippen molar-refractivity contribution in [1.82, 2.24) is 23.9 Å². The molecule has 0 atom stereocenters. The van der Waals surface area contributed by atoms with E-state index < -0.39 is 0 Å². The van der Waals surface area contributed by atoms with Gasteiger partial charge in [-0.05, 0) is 37.3 Å². The van der Waals surface area contributed by atoms with Crippen LogP contribution in [0.2, 0.25) is 0 Å². The van der Waals surface area contributed by atoms with Gasteiger partial charge in [-0.25, -0.2) is 4.79 Å². The van der Waals surface area contributed by atoms with Crippen LogP contribution < -0.4 is 16.3 Å². The number of fused-ring (bicyclic) bond motifs is 1. The summed E-state index contributed by atoms with van der Waals surface area (Å²) >= 11 is 1.25. The number of aryl methyl sites for hydroxylation is 2. The van der Waals surface area contributed by atoms with Crippen LogP contribution in [-0.2, 0) is 36.6 Å². The fourth-order valence-corrected chi connectivity index (χ4v) is 4.48. The molecule has 2 aromatic heterocycles. The van der Waals surface area contributed by atoms with E-state index in [1.165, 1.54) is 11.8 Å². The minimum atomic E-state index is -0.209. The first-order valence-corrected chi connectivity index (χ1v) is 11.7. The number of anilines is 2. The Labute approximate surface area is 200 Å². The van der Waals surface area contributed by atoms with Gasteiger partial charge in [-0.3, -0.25) is 18.7 Å². The summed E-state index contributed by atoms with van der Waals surface area (Å²) in [6.07, 6.45) is 0.0816. The zero-order valence-corrected chi connectivity index (χ0v) is 19.9. The number of rotatable bonds is 8. The molecule has 0 unspecified atom stereocenters. The van der Waals surface area contributed by atoms with Crippen LogP contribution >= 0.6 is 11.8 Å². The summed E-state index contributed by atoms with van der Waals surface area (Å²) in [6, 6.07) is 14.6. The Hall–Kier alpha value is -3.86. The molecule has 10 nitrogen and oxygen atoms in total. The molecule has 0 saturated heterocycles. The third kappa shape index (κ3) is 4.88. The average molecular weight is 480 g/mol. The number of carbonyl (C=O) groups is 2. The normalized spacial score (nSPS) is 11.0. The number of nitrogens with one attached hydrogen (secondary N) is 2. The lowest BCUT2D eigenvalue weighted by Crippen LogP contribution is -2.19. The predicted octanol–water partition coefficient (Wildman–Crippen LogP) is 2.40. The lowest BCUT2D eigenvalue weighted by Gasteiger charge is -2.09. The second kappa shape index (κ2) is 9.96. The van der Waals surface area contributed by atoms with Gasteiger partial charge in [0, 0.05) is 32.0 Å². The second-order valence-corrected chi connectivity index (χ2v) is 8.62. The highest BCUT2D eigenvalue weighted by Crippen LogP contribution is 2.20. The van der Waals surface area contributed by atoms with Gasteiger partial charge in [-0.2, -0.15) is 0 Å².